The molecule has 0 aromatic heterocycles. The molecule has 8 heteroatoms. The molecule has 0 bridgehead atoms. The maximum atomic E-state index is 13.4. The average molecular weight is 461 g/mol. The number of amides is 2. The molecule has 0 radical (unpaired) electrons. The summed E-state index contributed by atoms with van der Waals surface area (Å²) in [6, 6.07) is 6.42. The van der Waals surface area contributed by atoms with E-state index < -0.39 is 28.9 Å². The molecule has 0 saturated carbocycles. The second kappa shape index (κ2) is 11.4. The highest BCUT2D eigenvalue weighted by Gasteiger charge is 2.40. The number of benzene rings is 1. The van der Waals surface area contributed by atoms with Crippen molar-refractivity contribution in [2.75, 3.05) is 20.6 Å². The second-order valence-corrected chi connectivity index (χ2v) is 10.1. The number of carboxylic acid groups (broad SMARTS) is 1. The van der Waals surface area contributed by atoms with E-state index in [1.165, 1.54) is 17.9 Å². The fraction of sp³-hybridized carbons (Fsp3) is 0.560. The molecule has 184 valence electrons. The lowest BCUT2D eigenvalue weighted by atomic mass is 9.76. The van der Waals surface area contributed by atoms with Crippen molar-refractivity contribution in [3.8, 4) is 0 Å². The summed E-state index contributed by atoms with van der Waals surface area (Å²) in [6.07, 6.45) is 1.48. The predicted octanol–water partition coefficient (Wildman–Crippen LogP) is 2.03. The zero-order valence-electron chi connectivity index (χ0n) is 21.2. The number of likely N-dealkylation sites (N-methyl/N-ethyl adjacent to an activating group) is 2. The van der Waals surface area contributed by atoms with Gasteiger partial charge in [-0.1, -0.05) is 65.0 Å². The van der Waals surface area contributed by atoms with E-state index in [0.29, 0.717) is 6.54 Å². The van der Waals surface area contributed by atoms with Crippen LogP contribution in [0.3, 0.4) is 0 Å². The molecule has 8 nitrogen and oxygen atoms in total. The third kappa shape index (κ3) is 7.40. The van der Waals surface area contributed by atoms with Gasteiger partial charge in [-0.2, -0.15) is 0 Å². The number of hydrogen-bond donors (Lipinski definition) is 4. The van der Waals surface area contributed by atoms with Gasteiger partial charge in [-0.3, -0.25) is 9.59 Å². The smallest absolute Gasteiger partial charge is 0.331 e. The Morgan fingerprint density at radius 2 is 1.76 bits per heavy atom. The zero-order valence-corrected chi connectivity index (χ0v) is 21.2. The summed E-state index contributed by atoms with van der Waals surface area (Å²) in [5.41, 5.74) is 6.75. The van der Waals surface area contributed by atoms with Gasteiger partial charge in [-0.05, 0) is 30.5 Å². The third-order valence-electron chi connectivity index (χ3n) is 5.96. The van der Waals surface area contributed by atoms with E-state index in [1.54, 1.807) is 14.1 Å². The summed E-state index contributed by atoms with van der Waals surface area (Å²) in [4.78, 5) is 39.1. The molecular weight excluding hydrogens is 420 g/mol. The van der Waals surface area contributed by atoms with Crippen molar-refractivity contribution in [1.82, 2.24) is 15.5 Å². The average Bonchev–Trinajstić information content (AvgIpc) is 2.74. The summed E-state index contributed by atoms with van der Waals surface area (Å²) < 4.78 is 0. The van der Waals surface area contributed by atoms with E-state index in [1.807, 2.05) is 58.9 Å². The van der Waals surface area contributed by atoms with Gasteiger partial charge < -0.3 is 26.4 Å². The minimum absolute atomic E-state index is 0.131. The topological polar surface area (TPSA) is 125 Å². The first-order chi connectivity index (χ1) is 15.2. The van der Waals surface area contributed by atoms with Gasteiger partial charge in [0.05, 0.1) is 6.04 Å². The molecule has 1 aromatic carbocycles. The number of nitrogens with zero attached hydrogens (tertiary/aromatic N) is 1. The van der Waals surface area contributed by atoms with Crippen molar-refractivity contribution < 1.29 is 19.5 Å². The van der Waals surface area contributed by atoms with Gasteiger partial charge in [0, 0.05) is 31.1 Å². The van der Waals surface area contributed by atoms with E-state index >= 15 is 0 Å². The van der Waals surface area contributed by atoms with Crippen LogP contribution in [0.1, 0.15) is 52.7 Å². The van der Waals surface area contributed by atoms with E-state index in [4.69, 9.17) is 10.8 Å². The lowest BCUT2D eigenvalue weighted by molar-refractivity contribution is -0.139. The van der Waals surface area contributed by atoms with Crippen molar-refractivity contribution >= 4 is 17.8 Å². The standard InChI is InChI=1S/C25H40N4O4/c1-16(23(32)33)12-13-29(8)22(31)20(24(2,3)4)28-21(30)19(27-7)25(5,6)18-11-9-10-17(14-18)15-26/h9-12,14,19-20,27H,13,15,26H2,1-8H3,(H,28,30)(H,32,33)/b16-12+. The Bertz CT molecular complexity index is 887. The minimum atomic E-state index is -1.03. The van der Waals surface area contributed by atoms with Crippen molar-refractivity contribution in [2.45, 2.75) is 65.6 Å². The van der Waals surface area contributed by atoms with Crippen molar-refractivity contribution in [1.29, 1.82) is 0 Å². The molecule has 5 N–H and O–H groups in total. The Hall–Kier alpha value is -2.71. The van der Waals surface area contributed by atoms with Gasteiger partial charge in [0.25, 0.3) is 0 Å². The molecule has 0 spiro atoms. The molecule has 0 fully saturated rings. The molecule has 2 amide bonds. The molecule has 0 aliphatic rings. The van der Waals surface area contributed by atoms with Crippen LogP contribution in [0.4, 0.5) is 0 Å². The number of carboxylic acids is 1. The SMILES string of the molecule is CNC(C(=O)NC(C(=O)N(C)C/C=C(\C)C(=O)O)C(C)(C)C)C(C)(C)c1cccc(CN)c1. The molecule has 0 aliphatic carbocycles. The molecule has 2 atom stereocenters. The Morgan fingerprint density at radius 1 is 1.15 bits per heavy atom. The van der Waals surface area contributed by atoms with Gasteiger partial charge in [-0.25, -0.2) is 4.79 Å². The van der Waals surface area contributed by atoms with E-state index in [9.17, 15) is 14.4 Å². The van der Waals surface area contributed by atoms with Crippen molar-refractivity contribution in [3.05, 3.63) is 47.0 Å². The van der Waals surface area contributed by atoms with Crippen molar-refractivity contribution in [2.24, 2.45) is 11.1 Å². The summed E-state index contributed by atoms with van der Waals surface area (Å²) in [5, 5.41) is 15.1. The fourth-order valence-electron chi connectivity index (χ4n) is 3.63. The maximum Gasteiger partial charge on any atom is 0.331 e. The van der Waals surface area contributed by atoms with Gasteiger partial charge in [0.2, 0.25) is 11.8 Å². The Balaban J connectivity index is 3.16. The monoisotopic (exact) mass is 460 g/mol. The van der Waals surface area contributed by atoms with Crippen LogP contribution in [-0.4, -0.2) is 60.5 Å². The number of aliphatic carboxylic acids is 1. The lowest BCUT2D eigenvalue weighted by Crippen LogP contribution is -2.60. The van der Waals surface area contributed by atoms with Crippen LogP contribution in [0.2, 0.25) is 0 Å². The fourth-order valence-corrected chi connectivity index (χ4v) is 3.63. The Morgan fingerprint density at radius 3 is 2.24 bits per heavy atom. The normalized spacial score (nSPS) is 14.4. The van der Waals surface area contributed by atoms with Crippen LogP contribution in [-0.2, 0) is 26.3 Å². The number of carbonyl (C=O) groups excluding carboxylic acids is 2. The number of nitrogens with one attached hydrogen (secondary N) is 2. The summed E-state index contributed by atoms with van der Waals surface area (Å²) in [6.45, 7) is 11.6. The zero-order chi connectivity index (χ0) is 25.6. The number of nitrogens with two attached hydrogens (primary N) is 1. The summed E-state index contributed by atoms with van der Waals surface area (Å²) in [7, 11) is 3.31. The van der Waals surface area contributed by atoms with Crippen LogP contribution in [0.15, 0.2) is 35.9 Å². The van der Waals surface area contributed by atoms with E-state index in [0.717, 1.165) is 11.1 Å². The number of rotatable bonds is 10. The largest absolute Gasteiger partial charge is 0.478 e. The molecular formula is C25H40N4O4. The molecule has 1 aromatic rings. The first kappa shape index (κ1) is 28.3. The summed E-state index contributed by atoms with van der Waals surface area (Å²) >= 11 is 0. The molecule has 1 rings (SSSR count). The summed E-state index contributed by atoms with van der Waals surface area (Å²) in [5.74, 6) is -1.61. The minimum Gasteiger partial charge on any atom is -0.478 e. The van der Waals surface area contributed by atoms with E-state index in [2.05, 4.69) is 10.6 Å². The number of hydrogen-bond acceptors (Lipinski definition) is 5. The highest BCUT2D eigenvalue weighted by molar-refractivity contribution is 5.91. The van der Waals surface area contributed by atoms with Crippen LogP contribution in [0.5, 0.6) is 0 Å². The van der Waals surface area contributed by atoms with E-state index in [-0.39, 0.29) is 23.9 Å². The Labute approximate surface area is 197 Å². The first-order valence-corrected chi connectivity index (χ1v) is 11.1. The first-order valence-electron chi connectivity index (χ1n) is 11.1. The van der Waals surface area contributed by atoms with Gasteiger partial charge >= 0.3 is 5.97 Å². The Kier molecular flexibility index (Phi) is 9.81. The quantitative estimate of drug-likeness (QED) is 0.396. The maximum absolute atomic E-state index is 13.4. The highest BCUT2D eigenvalue weighted by Crippen LogP contribution is 2.29. The highest BCUT2D eigenvalue weighted by atomic mass is 16.4. The van der Waals surface area contributed by atoms with Gasteiger partial charge in [0.1, 0.15) is 6.04 Å². The molecule has 0 aliphatic heterocycles. The van der Waals surface area contributed by atoms with Crippen LogP contribution in [0, 0.1) is 5.41 Å². The van der Waals surface area contributed by atoms with Gasteiger partial charge in [0.15, 0.2) is 0 Å². The van der Waals surface area contributed by atoms with Crippen molar-refractivity contribution in [3.63, 3.8) is 0 Å². The molecule has 33 heavy (non-hydrogen) atoms. The lowest BCUT2D eigenvalue weighted by Gasteiger charge is -2.38. The predicted molar refractivity (Wildman–Crippen MR) is 131 cm³/mol. The van der Waals surface area contributed by atoms with Crippen LogP contribution in [0.25, 0.3) is 0 Å². The molecule has 0 saturated heterocycles. The molecule has 0 heterocycles. The molecule has 2 unspecified atom stereocenters. The van der Waals surface area contributed by atoms with Gasteiger partial charge in [-0.15, -0.1) is 0 Å². The third-order valence-corrected chi connectivity index (χ3v) is 5.96. The van der Waals surface area contributed by atoms with Crippen LogP contribution < -0.4 is 16.4 Å². The second-order valence-electron chi connectivity index (χ2n) is 10.1. The van der Waals surface area contributed by atoms with Crippen LogP contribution >= 0.6 is 0 Å². The number of carbonyl (C=O) groups is 3.